The molecule has 5 heteroatoms. The van der Waals surface area contributed by atoms with Crippen molar-refractivity contribution >= 4 is 18.4 Å². The minimum absolute atomic E-state index is 0.0813. The minimum atomic E-state index is -1.69. The maximum atomic E-state index is 12.7. The molecule has 0 spiro atoms. The number of rotatable bonds is 4. The molecule has 0 bridgehead atoms. The zero-order valence-corrected chi connectivity index (χ0v) is 14.9. The highest BCUT2D eigenvalue weighted by Gasteiger charge is 2.26. The summed E-state index contributed by atoms with van der Waals surface area (Å²) >= 11 is 4.27. The molecule has 2 aromatic rings. The summed E-state index contributed by atoms with van der Waals surface area (Å²) in [7, 11) is 0. The van der Waals surface area contributed by atoms with Gasteiger partial charge in [0.15, 0.2) is 12.1 Å². The van der Waals surface area contributed by atoms with Crippen molar-refractivity contribution in [3.05, 3.63) is 51.8 Å². The van der Waals surface area contributed by atoms with Crippen LogP contribution in [0.3, 0.4) is 0 Å². The molecule has 1 unspecified atom stereocenters. The minimum Gasteiger partial charge on any atom is -0.363 e. The molecule has 1 atom stereocenters. The molecule has 0 fully saturated rings. The van der Waals surface area contributed by atoms with Crippen molar-refractivity contribution in [1.29, 1.82) is 0 Å². The number of hydrogen-bond donors (Lipinski definition) is 4. The van der Waals surface area contributed by atoms with Crippen LogP contribution in [-0.2, 0) is 12.8 Å². The average Bonchev–Trinajstić information content (AvgIpc) is 2.88. The quantitative estimate of drug-likeness (QED) is 0.390. The second kappa shape index (κ2) is 6.75. The van der Waals surface area contributed by atoms with Gasteiger partial charge in [0.25, 0.3) is 0 Å². The van der Waals surface area contributed by atoms with E-state index in [1.807, 2.05) is 0 Å². The predicted octanol–water partition coefficient (Wildman–Crippen LogP) is 3.28. The van der Waals surface area contributed by atoms with Gasteiger partial charge in [0, 0.05) is 17.5 Å². The van der Waals surface area contributed by atoms with Gasteiger partial charge < -0.3 is 15.2 Å². The van der Waals surface area contributed by atoms with Crippen LogP contribution in [0.2, 0.25) is 0 Å². The molecule has 0 aliphatic heterocycles. The highest BCUT2D eigenvalue weighted by molar-refractivity contribution is 7.80. The maximum Gasteiger partial charge on any atom is 0.194 e. The van der Waals surface area contributed by atoms with Crippen LogP contribution in [0.15, 0.2) is 23.2 Å². The zero-order chi connectivity index (χ0) is 17.4. The smallest absolute Gasteiger partial charge is 0.194 e. The normalized spacial score (nSPS) is 17.2. The van der Waals surface area contributed by atoms with Crippen molar-refractivity contribution in [2.75, 3.05) is 0 Å². The Kier molecular flexibility index (Phi) is 4.85. The van der Waals surface area contributed by atoms with E-state index in [4.69, 9.17) is 0 Å². The van der Waals surface area contributed by atoms with Gasteiger partial charge in [0.1, 0.15) is 0 Å². The van der Waals surface area contributed by atoms with Crippen molar-refractivity contribution in [1.82, 2.24) is 4.98 Å². The van der Waals surface area contributed by atoms with Gasteiger partial charge in [-0.25, -0.2) is 0 Å². The number of aliphatic hydroxyl groups is 2. The lowest BCUT2D eigenvalue weighted by Gasteiger charge is -2.26. The van der Waals surface area contributed by atoms with E-state index < -0.39 is 6.29 Å². The number of thiol groups is 1. The summed E-state index contributed by atoms with van der Waals surface area (Å²) in [6.45, 7) is 4.25. The number of H-pyrrole nitrogens is 1. The molecule has 1 aromatic heterocycles. The molecule has 0 radical (unpaired) electrons. The Hall–Kier alpha value is -1.56. The number of fused-ring (bicyclic) bond motifs is 1. The number of ketones is 1. The number of aliphatic hydroxyl groups excluding tert-OH is 1. The zero-order valence-electron chi connectivity index (χ0n) is 14.0. The van der Waals surface area contributed by atoms with E-state index in [-0.39, 0.29) is 17.4 Å². The molecule has 4 nitrogen and oxygen atoms in total. The topological polar surface area (TPSA) is 73.3 Å². The molecule has 1 aromatic carbocycles. The summed E-state index contributed by atoms with van der Waals surface area (Å²) in [6.07, 6.45) is 3.10. The molecular weight excluding hydrogens is 322 g/mol. The first-order valence-corrected chi connectivity index (χ1v) is 8.70. The number of benzene rings is 1. The molecule has 0 amide bonds. The third kappa shape index (κ3) is 3.29. The molecular formula is C19H23NO3S. The molecule has 24 heavy (non-hydrogen) atoms. The van der Waals surface area contributed by atoms with Crippen molar-refractivity contribution in [3.8, 4) is 0 Å². The molecule has 1 heterocycles. The van der Waals surface area contributed by atoms with Crippen LogP contribution in [0.1, 0.15) is 57.4 Å². The Labute approximate surface area is 147 Å². The second-order valence-corrected chi connectivity index (χ2v) is 7.27. The molecule has 0 saturated heterocycles. The van der Waals surface area contributed by atoms with Crippen LogP contribution in [0, 0.1) is 19.8 Å². The third-order valence-corrected chi connectivity index (χ3v) is 5.27. The van der Waals surface area contributed by atoms with Crippen molar-refractivity contribution in [2.45, 2.75) is 50.7 Å². The number of Topliss-reactive ketones (excluding diaryl/α,β-unsaturated/α-hetero) is 1. The number of aromatic amines is 1. The number of hydrogen-bond acceptors (Lipinski definition) is 4. The first kappa shape index (κ1) is 17.3. The summed E-state index contributed by atoms with van der Waals surface area (Å²) in [5.41, 5.74) is 5.80. The Morgan fingerprint density at radius 2 is 2.12 bits per heavy atom. The van der Waals surface area contributed by atoms with E-state index in [0.717, 1.165) is 19.3 Å². The SMILES string of the molecule is Cc1cc(C)c2c(c1)CC(CC(=O)c1c(S)c[nH]c1C(O)O)CC2. The van der Waals surface area contributed by atoms with Crippen LogP contribution in [-0.4, -0.2) is 21.0 Å². The summed E-state index contributed by atoms with van der Waals surface area (Å²) < 4.78 is 0. The highest BCUT2D eigenvalue weighted by Crippen LogP contribution is 2.33. The number of aryl methyl sites for hydroxylation is 2. The van der Waals surface area contributed by atoms with Gasteiger partial charge in [-0.3, -0.25) is 4.79 Å². The molecule has 1 aliphatic carbocycles. The summed E-state index contributed by atoms with van der Waals surface area (Å²) in [4.78, 5) is 15.9. The lowest BCUT2D eigenvalue weighted by Crippen LogP contribution is -2.19. The van der Waals surface area contributed by atoms with E-state index in [1.165, 1.54) is 28.5 Å². The maximum absolute atomic E-state index is 12.7. The van der Waals surface area contributed by atoms with Gasteiger partial charge in [0.05, 0.1) is 11.3 Å². The van der Waals surface area contributed by atoms with Gasteiger partial charge in [-0.2, -0.15) is 0 Å². The van der Waals surface area contributed by atoms with E-state index in [1.54, 1.807) is 0 Å². The fraction of sp³-hybridized carbons (Fsp3) is 0.421. The van der Waals surface area contributed by atoms with Gasteiger partial charge in [0.2, 0.25) is 0 Å². The second-order valence-electron chi connectivity index (χ2n) is 6.79. The molecule has 1 aliphatic rings. The van der Waals surface area contributed by atoms with Crippen LogP contribution < -0.4 is 0 Å². The number of carbonyl (C=O) groups is 1. The molecule has 128 valence electrons. The van der Waals surface area contributed by atoms with Crippen molar-refractivity contribution < 1.29 is 15.0 Å². The first-order chi connectivity index (χ1) is 11.4. The highest BCUT2D eigenvalue weighted by atomic mass is 32.1. The van der Waals surface area contributed by atoms with Gasteiger partial charge in [-0.05, 0) is 55.7 Å². The Morgan fingerprint density at radius 3 is 2.83 bits per heavy atom. The summed E-state index contributed by atoms with van der Waals surface area (Å²) in [5, 5.41) is 18.8. The molecule has 3 rings (SSSR count). The van der Waals surface area contributed by atoms with Gasteiger partial charge in [-0.15, -0.1) is 12.6 Å². The van der Waals surface area contributed by atoms with Gasteiger partial charge >= 0.3 is 0 Å². The number of nitrogens with one attached hydrogen (secondary N) is 1. The number of aromatic nitrogens is 1. The average molecular weight is 345 g/mol. The Balaban J connectivity index is 1.78. The fourth-order valence-electron chi connectivity index (χ4n) is 3.85. The molecule has 0 saturated carbocycles. The van der Waals surface area contributed by atoms with Crippen molar-refractivity contribution in [2.24, 2.45) is 5.92 Å². The summed E-state index contributed by atoms with van der Waals surface area (Å²) in [5.74, 6) is 0.194. The Morgan fingerprint density at radius 1 is 1.38 bits per heavy atom. The first-order valence-electron chi connectivity index (χ1n) is 8.25. The largest absolute Gasteiger partial charge is 0.363 e. The third-order valence-electron chi connectivity index (χ3n) is 4.92. The van der Waals surface area contributed by atoms with E-state index in [9.17, 15) is 15.0 Å². The van der Waals surface area contributed by atoms with E-state index >= 15 is 0 Å². The fourth-order valence-corrected chi connectivity index (χ4v) is 4.16. The molecule has 3 N–H and O–H groups in total. The van der Waals surface area contributed by atoms with E-state index in [0.29, 0.717) is 16.9 Å². The standard InChI is InChI=1S/C19H23NO3S/c1-10-5-11(2)14-4-3-12(7-13(14)6-10)8-15(21)17-16(24)9-20-18(17)19(22)23/h5-6,9,12,19-20,22-24H,3-4,7-8H2,1-2H3. The van der Waals surface area contributed by atoms with E-state index in [2.05, 4.69) is 43.6 Å². The monoisotopic (exact) mass is 345 g/mol. The Bertz CT molecular complexity index is 779. The lowest BCUT2D eigenvalue weighted by atomic mass is 9.79. The number of carbonyl (C=O) groups excluding carboxylic acids is 1. The predicted molar refractivity (Wildman–Crippen MR) is 95.6 cm³/mol. The van der Waals surface area contributed by atoms with Crippen molar-refractivity contribution in [3.63, 3.8) is 0 Å². The van der Waals surface area contributed by atoms with Crippen LogP contribution >= 0.6 is 12.6 Å². The van der Waals surface area contributed by atoms with Crippen LogP contribution in [0.4, 0.5) is 0 Å². The summed E-state index contributed by atoms with van der Waals surface area (Å²) in [6, 6.07) is 4.44. The van der Waals surface area contributed by atoms with Gasteiger partial charge in [-0.1, -0.05) is 17.7 Å². The lowest BCUT2D eigenvalue weighted by molar-refractivity contribution is -0.0460. The van der Waals surface area contributed by atoms with Crippen LogP contribution in [0.25, 0.3) is 0 Å². The van der Waals surface area contributed by atoms with Crippen LogP contribution in [0.5, 0.6) is 0 Å².